The predicted molar refractivity (Wildman–Crippen MR) is 59.7 cm³/mol. The van der Waals surface area contributed by atoms with Crippen LogP contribution in [0.4, 0.5) is 9.18 Å². The summed E-state index contributed by atoms with van der Waals surface area (Å²) in [6.45, 7) is 0.326. The average molecular weight is 275 g/mol. The van der Waals surface area contributed by atoms with Gasteiger partial charge in [-0.2, -0.15) is 0 Å². The van der Waals surface area contributed by atoms with Crippen molar-refractivity contribution >= 4 is 23.8 Å². The number of urea groups is 1. The van der Waals surface area contributed by atoms with Crippen LogP contribution in [-0.2, 0) is 19.1 Å². The SMILES string of the molecule is COCCNC(=O)CCN1C(=O)NC(=O)C(F)C1=O. The number of nitrogens with zero attached hydrogens (tertiary/aromatic N) is 1. The second kappa shape index (κ2) is 6.78. The van der Waals surface area contributed by atoms with E-state index in [2.05, 4.69) is 5.32 Å². The van der Waals surface area contributed by atoms with E-state index in [-0.39, 0.29) is 13.0 Å². The van der Waals surface area contributed by atoms with Crippen LogP contribution in [0.1, 0.15) is 6.42 Å². The van der Waals surface area contributed by atoms with Crippen molar-refractivity contribution in [2.45, 2.75) is 12.6 Å². The van der Waals surface area contributed by atoms with Gasteiger partial charge in [0.1, 0.15) is 0 Å². The third-order valence-electron chi connectivity index (χ3n) is 2.38. The first-order chi connectivity index (χ1) is 8.97. The van der Waals surface area contributed by atoms with Gasteiger partial charge in [-0.25, -0.2) is 9.18 Å². The van der Waals surface area contributed by atoms with E-state index in [9.17, 15) is 23.6 Å². The van der Waals surface area contributed by atoms with Gasteiger partial charge >= 0.3 is 6.03 Å². The molecule has 0 spiro atoms. The molecule has 5 amide bonds. The average Bonchev–Trinajstić information content (AvgIpc) is 2.36. The fourth-order valence-corrected chi connectivity index (χ4v) is 1.39. The van der Waals surface area contributed by atoms with E-state index in [1.807, 2.05) is 0 Å². The van der Waals surface area contributed by atoms with Crippen molar-refractivity contribution in [3.63, 3.8) is 0 Å². The minimum Gasteiger partial charge on any atom is -0.383 e. The van der Waals surface area contributed by atoms with E-state index in [0.717, 1.165) is 0 Å². The summed E-state index contributed by atoms with van der Waals surface area (Å²) in [4.78, 5) is 45.3. The van der Waals surface area contributed by atoms with Gasteiger partial charge in [-0.3, -0.25) is 24.6 Å². The summed E-state index contributed by atoms with van der Waals surface area (Å²) < 4.78 is 17.8. The van der Waals surface area contributed by atoms with Crippen molar-refractivity contribution in [2.24, 2.45) is 0 Å². The topological polar surface area (TPSA) is 105 Å². The Morgan fingerprint density at radius 1 is 1.47 bits per heavy atom. The minimum atomic E-state index is -2.41. The summed E-state index contributed by atoms with van der Waals surface area (Å²) in [6.07, 6.45) is -2.58. The second-order valence-corrected chi connectivity index (χ2v) is 3.74. The normalized spacial score (nSPS) is 19.4. The van der Waals surface area contributed by atoms with E-state index in [1.165, 1.54) is 7.11 Å². The van der Waals surface area contributed by atoms with E-state index in [1.54, 1.807) is 5.32 Å². The zero-order valence-electron chi connectivity index (χ0n) is 10.3. The van der Waals surface area contributed by atoms with Gasteiger partial charge in [0.25, 0.3) is 18.0 Å². The van der Waals surface area contributed by atoms with E-state index in [4.69, 9.17) is 4.74 Å². The lowest BCUT2D eigenvalue weighted by atomic mass is 10.2. The number of amides is 5. The molecular weight excluding hydrogens is 261 g/mol. The highest BCUT2D eigenvalue weighted by Gasteiger charge is 2.40. The highest BCUT2D eigenvalue weighted by molar-refractivity contribution is 6.18. The number of hydrogen-bond acceptors (Lipinski definition) is 5. The van der Waals surface area contributed by atoms with Crippen LogP contribution in [0.3, 0.4) is 0 Å². The maximum Gasteiger partial charge on any atom is 0.330 e. The number of barbiturate groups is 1. The molecule has 0 aliphatic carbocycles. The van der Waals surface area contributed by atoms with Crippen molar-refractivity contribution < 1.29 is 28.3 Å². The molecule has 0 radical (unpaired) electrons. The third-order valence-corrected chi connectivity index (χ3v) is 2.38. The fourth-order valence-electron chi connectivity index (χ4n) is 1.39. The molecule has 1 heterocycles. The van der Waals surface area contributed by atoms with Crippen molar-refractivity contribution in [3.05, 3.63) is 0 Å². The number of rotatable bonds is 6. The first kappa shape index (κ1) is 15.0. The highest BCUT2D eigenvalue weighted by atomic mass is 19.1. The van der Waals surface area contributed by atoms with Gasteiger partial charge in [0.15, 0.2) is 0 Å². The maximum absolute atomic E-state index is 13.1. The summed E-state index contributed by atoms with van der Waals surface area (Å²) >= 11 is 0. The maximum atomic E-state index is 13.1. The van der Waals surface area contributed by atoms with Crippen molar-refractivity contribution in [1.29, 1.82) is 0 Å². The molecule has 106 valence electrons. The Bertz CT molecular complexity index is 401. The molecule has 1 atom stereocenters. The molecule has 8 nitrogen and oxygen atoms in total. The van der Waals surface area contributed by atoms with Crippen molar-refractivity contribution in [3.8, 4) is 0 Å². The second-order valence-electron chi connectivity index (χ2n) is 3.74. The molecule has 19 heavy (non-hydrogen) atoms. The van der Waals surface area contributed by atoms with Crippen LogP contribution in [0.25, 0.3) is 0 Å². The van der Waals surface area contributed by atoms with Gasteiger partial charge in [-0.05, 0) is 0 Å². The number of imide groups is 2. The lowest BCUT2D eigenvalue weighted by molar-refractivity contribution is -0.143. The minimum absolute atomic E-state index is 0.177. The lowest BCUT2D eigenvalue weighted by Gasteiger charge is -2.26. The quantitative estimate of drug-likeness (QED) is 0.456. The van der Waals surface area contributed by atoms with Crippen molar-refractivity contribution in [2.75, 3.05) is 26.8 Å². The van der Waals surface area contributed by atoms with Gasteiger partial charge in [-0.1, -0.05) is 0 Å². The standard InChI is InChI=1S/C10H14FN3O5/c1-19-5-3-12-6(15)2-4-14-9(17)7(11)8(16)13-10(14)18/h7H,2-5H2,1H3,(H,12,15)(H,13,16,18). The summed E-state index contributed by atoms with van der Waals surface area (Å²) in [5.41, 5.74) is 0. The zero-order chi connectivity index (χ0) is 14.4. The molecule has 9 heteroatoms. The number of carbonyl (C=O) groups excluding carboxylic acids is 4. The van der Waals surface area contributed by atoms with Gasteiger partial charge in [0, 0.05) is 26.6 Å². The van der Waals surface area contributed by atoms with E-state index in [0.29, 0.717) is 18.1 Å². The number of hydrogen-bond donors (Lipinski definition) is 2. The molecule has 0 aromatic heterocycles. The van der Waals surface area contributed by atoms with Crippen LogP contribution < -0.4 is 10.6 Å². The molecule has 1 saturated heterocycles. The largest absolute Gasteiger partial charge is 0.383 e. The van der Waals surface area contributed by atoms with Crippen LogP contribution >= 0.6 is 0 Å². The smallest absolute Gasteiger partial charge is 0.330 e. The number of ether oxygens (including phenoxy) is 1. The monoisotopic (exact) mass is 275 g/mol. The number of nitrogens with one attached hydrogen (secondary N) is 2. The van der Waals surface area contributed by atoms with Gasteiger partial charge in [-0.15, -0.1) is 0 Å². The molecule has 2 N–H and O–H groups in total. The number of carbonyl (C=O) groups is 4. The molecular formula is C10H14FN3O5. The molecule has 1 fully saturated rings. The Kier molecular flexibility index (Phi) is 5.37. The Labute approximate surface area is 108 Å². The summed E-state index contributed by atoms with van der Waals surface area (Å²) in [7, 11) is 1.47. The van der Waals surface area contributed by atoms with E-state index >= 15 is 0 Å². The lowest BCUT2D eigenvalue weighted by Crippen LogP contribution is -2.59. The molecule has 1 unspecified atom stereocenters. The summed E-state index contributed by atoms with van der Waals surface area (Å²) in [6, 6.07) is -1.02. The zero-order valence-corrected chi connectivity index (χ0v) is 10.3. The third kappa shape index (κ3) is 3.98. The molecule has 1 aliphatic rings. The van der Waals surface area contributed by atoms with Crippen molar-refractivity contribution in [1.82, 2.24) is 15.5 Å². The highest BCUT2D eigenvalue weighted by Crippen LogP contribution is 2.07. The summed E-state index contributed by atoms with van der Waals surface area (Å²) in [5, 5.41) is 4.16. The number of methoxy groups -OCH3 is 1. The van der Waals surface area contributed by atoms with Gasteiger partial charge < -0.3 is 10.1 Å². The van der Waals surface area contributed by atoms with Crippen LogP contribution in [-0.4, -0.2) is 61.6 Å². The first-order valence-electron chi connectivity index (χ1n) is 5.53. The summed E-state index contributed by atoms with van der Waals surface area (Å²) in [5.74, 6) is -2.95. The number of halogens is 1. The Hall–Kier alpha value is -2.03. The van der Waals surface area contributed by atoms with Crippen LogP contribution in [0, 0.1) is 0 Å². The van der Waals surface area contributed by atoms with Crippen LogP contribution in [0.5, 0.6) is 0 Å². The molecule has 0 saturated carbocycles. The van der Waals surface area contributed by atoms with Crippen LogP contribution in [0.2, 0.25) is 0 Å². The Morgan fingerprint density at radius 2 is 2.16 bits per heavy atom. The first-order valence-corrected chi connectivity index (χ1v) is 5.53. The fraction of sp³-hybridized carbons (Fsp3) is 0.600. The molecule has 1 rings (SSSR count). The van der Waals surface area contributed by atoms with E-state index < -0.39 is 29.9 Å². The molecule has 0 bridgehead atoms. The molecule has 0 aromatic carbocycles. The van der Waals surface area contributed by atoms with Gasteiger partial charge in [0.05, 0.1) is 6.61 Å². The predicted octanol–water partition coefficient (Wildman–Crippen LogP) is -1.44. The Balaban J connectivity index is 2.43. The Morgan fingerprint density at radius 3 is 2.79 bits per heavy atom. The molecule has 0 aromatic rings. The molecule has 1 aliphatic heterocycles. The van der Waals surface area contributed by atoms with Gasteiger partial charge in [0.2, 0.25) is 5.91 Å². The van der Waals surface area contributed by atoms with Crippen LogP contribution in [0.15, 0.2) is 0 Å². The number of alkyl halides is 1.